The Balaban J connectivity index is 1.62. The summed E-state index contributed by atoms with van der Waals surface area (Å²) in [6.07, 6.45) is 2.55. The van der Waals surface area contributed by atoms with Crippen molar-refractivity contribution in [2.24, 2.45) is 0 Å². The monoisotopic (exact) mass is 403 g/mol. The molecule has 28 heavy (non-hydrogen) atoms. The van der Waals surface area contributed by atoms with Crippen molar-refractivity contribution in [3.63, 3.8) is 0 Å². The van der Waals surface area contributed by atoms with Crippen LogP contribution >= 0.6 is 0 Å². The maximum Gasteiger partial charge on any atom is 0.246 e. The number of methoxy groups -OCH3 is 1. The summed E-state index contributed by atoms with van der Waals surface area (Å²) in [7, 11) is -2.06. The summed E-state index contributed by atoms with van der Waals surface area (Å²) in [5.74, 6) is 0.433. The van der Waals surface area contributed by atoms with Gasteiger partial charge in [-0.2, -0.15) is 4.31 Å². The van der Waals surface area contributed by atoms with E-state index in [4.69, 9.17) is 9.47 Å². The van der Waals surface area contributed by atoms with Gasteiger partial charge in [0.2, 0.25) is 10.0 Å². The van der Waals surface area contributed by atoms with Crippen molar-refractivity contribution >= 4 is 10.0 Å². The van der Waals surface area contributed by atoms with Crippen LogP contribution in [0.3, 0.4) is 0 Å². The van der Waals surface area contributed by atoms with E-state index in [9.17, 15) is 8.42 Å². The van der Waals surface area contributed by atoms with Crippen LogP contribution in [0.1, 0.15) is 12.1 Å². The minimum absolute atomic E-state index is 0.228. The number of hydrogen-bond donors (Lipinski definition) is 0. The van der Waals surface area contributed by atoms with Gasteiger partial charge in [0, 0.05) is 45.9 Å². The third-order valence-electron chi connectivity index (χ3n) is 5.31. The Labute approximate surface area is 165 Å². The molecule has 3 heterocycles. The molecule has 1 saturated heterocycles. The van der Waals surface area contributed by atoms with Gasteiger partial charge in [0.05, 0.1) is 18.8 Å². The number of ether oxygens (including phenoxy) is 2. The van der Waals surface area contributed by atoms with Crippen LogP contribution in [-0.4, -0.2) is 68.1 Å². The minimum atomic E-state index is -3.63. The van der Waals surface area contributed by atoms with E-state index in [1.165, 1.54) is 4.31 Å². The lowest BCUT2D eigenvalue weighted by atomic mass is 10.0. The first kappa shape index (κ1) is 19.3. The molecular formula is C20H25N3O4S. The van der Waals surface area contributed by atoms with Crippen molar-refractivity contribution in [1.82, 2.24) is 14.2 Å². The number of nitrogens with zero attached hydrogens (tertiary/aromatic N) is 3. The van der Waals surface area contributed by atoms with E-state index in [1.54, 1.807) is 31.5 Å². The molecule has 0 radical (unpaired) electrons. The predicted molar refractivity (Wildman–Crippen MR) is 105 cm³/mol. The summed E-state index contributed by atoms with van der Waals surface area (Å²) >= 11 is 0. The molecule has 7 nitrogen and oxygen atoms in total. The normalized spacial score (nSPS) is 24.6. The third-order valence-corrected chi connectivity index (χ3v) is 7.19. The summed E-state index contributed by atoms with van der Waals surface area (Å²) in [4.78, 5) is 6.91. The van der Waals surface area contributed by atoms with Gasteiger partial charge in [-0.15, -0.1) is 0 Å². The molecule has 0 saturated carbocycles. The predicted octanol–water partition coefficient (Wildman–Crippen LogP) is 1.76. The highest BCUT2D eigenvalue weighted by atomic mass is 32.2. The maximum atomic E-state index is 13.2. The van der Waals surface area contributed by atoms with Crippen molar-refractivity contribution in [1.29, 1.82) is 0 Å². The second kappa shape index (κ2) is 7.79. The van der Waals surface area contributed by atoms with E-state index >= 15 is 0 Å². The lowest BCUT2D eigenvalue weighted by molar-refractivity contribution is 0.0532. The Morgan fingerprint density at radius 2 is 2.00 bits per heavy atom. The SMILES string of the molecule is COCCN1CC2(CCN(Cc3ccccn3)C2)Oc2ccccc2S1(=O)=O. The summed E-state index contributed by atoms with van der Waals surface area (Å²) in [5, 5.41) is 0. The van der Waals surface area contributed by atoms with Gasteiger partial charge in [-0.25, -0.2) is 8.42 Å². The van der Waals surface area contributed by atoms with Crippen LogP contribution in [0.4, 0.5) is 0 Å². The Kier molecular flexibility index (Phi) is 5.37. The van der Waals surface area contributed by atoms with Crippen molar-refractivity contribution in [2.75, 3.05) is 39.9 Å². The molecule has 4 rings (SSSR count). The van der Waals surface area contributed by atoms with E-state index < -0.39 is 15.6 Å². The van der Waals surface area contributed by atoms with E-state index in [2.05, 4.69) is 9.88 Å². The van der Waals surface area contributed by atoms with Crippen molar-refractivity contribution in [2.45, 2.75) is 23.5 Å². The number of sulfonamides is 1. The highest BCUT2D eigenvalue weighted by molar-refractivity contribution is 7.89. The third kappa shape index (κ3) is 3.77. The Bertz CT molecular complexity index is 922. The number of likely N-dealkylation sites (tertiary alicyclic amines) is 1. The summed E-state index contributed by atoms with van der Waals surface area (Å²) in [5.41, 5.74) is 0.416. The number of rotatable bonds is 5. The number of aromatic nitrogens is 1. The quantitative estimate of drug-likeness (QED) is 0.758. The summed E-state index contributed by atoms with van der Waals surface area (Å²) < 4.78 is 39.5. The van der Waals surface area contributed by atoms with Gasteiger partial charge < -0.3 is 9.47 Å². The second-order valence-corrected chi connectivity index (χ2v) is 9.25. The molecule has 8 heteroatoms. The van der Waals surface area contributed by atoms with E-state index in [1.807, 2.05) is 24.3 Å². The number of para-hydroxylation sites is 1. The molecule has 1 atom stereocenters. The van der Waals surface area contributed by atoms with Crippen LogP contribution in [0.15, 0.2) is 53.6 Å². The standard InChI is InChI=1S/C20H25N3O4S/c1-26-13-12-23-16-20(27-18-7-2-3-8-19(18)28(23,24)25)9-11-22(15-20)14-17-6-4-5-10-21-17/h2-8,10H,9,11-16H2,1H3. The molecule has 1 unspecified atom stereocenters. The van der Waals surface area contributed by atoms with E-state index in [0.717, 1.165) is 25.2 Å². The molecule has 1 aromatic heterocycles. The Hall–Kier alpha value is -2.00. The molecule has 1 aromatic carbocycles. The molecule has 2 aliphatic rings. The number of benzene rings is 1. The average Bonchev–Trinajstić information content (AvgIpc) is 3.04. The fraction of sp³-hybridized carbons (Fsp3) is 0.450. The van der Waals surface area contributed by atoms with Gasteiger partial charge in [-0.1, -0.05) is 18.2 Å². The largest absolute Gasteiger partial charge is 0.483 e. The van der Waals surface area contributed by atoms with Gasteiger partial charge in [0.1, 0.15) is 16.2 Å². The number of hydrogen-bond acceptors (Lipinski definition) is 6. The zero-order valence-corrected chi connectivity index (χ0v) is 16.8. The number of fused-ring (bicyclic) bond motifs is 1. The molecule has 0 aliphatic carbocycles. The van der Waals surface area contributed by atoms with Gasteiger partial charge in [0.15, 0.2) is 0 Å². The lowest BCUT2D eigenvalue weighted by Gasteiger charge is -2.32. The molecule has 150 valence electrons. The Morgan fingerprint density at radius 1 is 1.18 bits per heavy atom. The zero-order valence-electron chi connectivity index (χ0n) is 16.0. The second-order valence-electron chi connectivity index (χ2n) is 7.34. The lowest BCUT2D eigenvalue weighted by Crippen LogP contribution is -2.49. The topological polar surface area (TPSA) is 72.0 Å². The van der Waals surface area contributed by atoms with Gasteiger partial charge >= 0.3 is 0 Å². The van der Waals surface area contributed by atoms with Crippen molar-refractivity contribution in [3.8, 4) is 5.75 Å². The van der Waals surface area contributed by atoms with Crippen LogP contribution < -0.4 is 4.74 Å². The summed E-state index contributed by atoms with van der Waals surface area (Å²) in [6, 6.07) is 12.8. The maximum absolute atomic E-state index is 13.2. The van der Waals surface area contributed by atoms with Crippen LogP contribution in [0.25, 0.3) is 0 Å². The van der Waals surface area contributed by atoms with Gasteiger partial charge in [0.25, 0.3) is 0 Å². The molecule has 0 amide bonds. The van der Waals surface area contributed by atoms with Gasteiger partial charge in [-0.3, -0.25) is 9.88 Å². The highest BCUT2D eigenvalue weighted by Crippen LogP contribution is 2.38. The van der Waals surface area contributed by atoms with Crippen molar-refractivity contribution < 1.29 is 17.9 Å². The Morgan fingerprint density at radius 3 is 2.79 bits per heavy atom. The average molecular weight is 404 g/mol. The van der Waals surface area contributed by atoms with E-state index in [0.29, 0.717) is 32.0 Å². The first-order valence-corrected chi connectivity index (χ1v) is 10.9. The number of pyridine rings is 1. The van der Waals surface area contributed by atoms with Crippen LogP contribution in [0, 0.1) is 0 Å². The van der Waals surface area contributed by atoms with E-state index in [-0.39, 0.29) is 4.90 Å². The van der Waals surface area contributed by atoms with Crippen LogP contribution in [0.5, 0.6) is 5.75 Å². The first-order valence-electron chi connectivity index (χ1n) is 9.42. The molecule has 2 aromatic rings. The van der Waals surface area contributed by atoms with Crippen LogP contribution in [0.2, 0.25) is 0 Å². The molecule has 1 fully saturated rings. The molecule has 2 aliphatic heterocycles. The fourth-order valence-electron chi connectivity index (χ4n) is 3.95. The smallest absolute Gasteiger partial charge is 0.246 e. The zero-order chi connectivity index (χ0) is 19.6. The van der Waals surface area contributed by atoms with Crippen LogP contribution in [-0.2, 0) is 21.3 Å². The highest BCUT2D eigenvalue weighted by Gasteiger charge is 2.47. The minimum Gasteiger partial charge on any atom is -0.483 e. The fourth-order valence-corrected chi connectivity index (χ4v) is 5.56. The molecule has 1 spiro atoms. The van der Waals surface area contributed by atoms with Gasteiger partial charge in [-0.05, 0) is 24.3 Å². The first-order chi connectivity index (χ1) is 13.5. The molecular weight excluding hydrogens is 378 g/mol. The van der Waals surface area contributed by atoms with Crippen molar-refractivity contribution in [3.05, 3.63) is 54.4 Å². The molecule has 0 N–H and O–H groups in total. The summed E-state index contributed by atoms with van der Waals surface area (Å²) in [6.45, 7) is 3.16. The molecule has 0 bridgehead atoms.